The number of benzene rings is 2. The van der Waals surface area contributed by atoms with E-state index in [-0.39, 0.29) is 17.5 Å². The van der Waals surface area contributed by atoms with Gasteiger partial charge < -0.3 is 9.47 Å². The summed E-state index contributed by atoms with van der Waals surface area (Å²) in [6.45, 7) is 1.77. The average Bonchev–Trinajstić information content (AvgIpc) is 3.58. The lowest BCUT2D eigenvalue weighted by Gasteiger charge is -2.25. The number of nitrogens with zero attached hydrogens (tertiary/aromatic N) is 2. The highest BCUT2D eigenvalue weighted by Gasteiger charge is 2.31. The van der Waals surface area contributed by atoms with Gasteiger partial charge in [-0.15, -0.1) is 11.3 Å². The molecule has 1 fully saturated rings. The van der Waals surface area contributed by atoms with Crippen molar-refractivity contribution >= 4 is 32.3 Å². The predicted octanol–water partition coefficient (Wildman–Crippen LogP) is 5.29. The number of fused-ring (bicyclic) bond motifs is 1. The van der Waals surface area contributed by atoms with Crippen LogP contribution in [0.4, 0.5) is 0 Å². The van der Waals surface area contributed by atoms with Crippen LogP contribution in [0.25, 0.3) is 10.9 Å². The molecule has 2 aromatic heterocycles. The van der Waals surface area contributed by atoms with Gasteiger partial charge in [-0.3, -0.25) is 4.98 Å². The molecule has 4 aromatic rings. The number of sulfonamides is 1. The van der Waals surface area contributed by atoms with Crippen molar-refractivity contribution in [1.82, 2.24) is 9.29 Å². The van der Waals surface area contributed by atoms with Crippen molar-refractivity contribution in [2.75, 3.05) is 19.8 Å². The monoisotopic (exact) mass is 508 g/mol. The minimum atomic E-state index is -3.82. The second-order valence-corrected chi connectivity index (χ2v) is 11.5. The molecule has 1 saturated heterocycles. The molecule has 35 heavy (non-hydrogen) atoms. The van der Waals surface area contributed by atoms with Crippen LogP contribution in [-0.2, 0) is 27.7 Å². The van der Waals surface area contributed by atoms with Crippen LogP contribution in [0.3, 0.4) is 0 Å². The van der Waals surface area contributed by atoms with Gasteiger partial charge >= 0.3 is 0 Å². The minimum absolute atomic E-state index is 0.113. The first kappa shape index (κ1) is 23.9. The molecule has 0 bridgehead atoms. The molecule has 0 radical (unpaired) electrons. The van der Waals surface area contributed by atoms with Gasteiger partial charge in [0.1, 0.15) is 10.6 Å². The first-order valence-corrected chi connectivity index (χ1v) is 14.1. The van der Waals surface area contributed by atoms with Gasteiger partial charge in [-0.2, -0.15) is 4.31 Å². The summed E-state index contributed by atoms with van der Waals surface area (Å²) in [7, 11) is -3.82. The van der Waals surface area contributed by atoms with Crippen molar-refractivity contribution in [3.05, 3.63) is 88.7 Å². The number of hydrogen-bond donors (Lipinski definition) is 0. The lowest BCUT2D eigenvalue weighted by atomic mass is 10.2. The molecule has 5 rings (SSSR count). The van der Waals surface area contributed by atoms with Crippen LogP contribution in [-0.4, -0.2) is 43.6 Å². The molecule has 0 saturated carbocycles. The maximum absolute atomic E-state index is 13.9. The van der Waals surface area contributed by atoms with Crippen molar-refractivity contribution in [1.29, 1.82) is 0 Å². The highest BCUT2D eigenvalue weighted by Crippen LogP contribution is 2.27. The second-order valence-electron chi connectivity index (χ2n) is 8.59. The van der Waals surface area contributed by atoms with E-state index in [1.165, 1.54) is 9.18 Å². The summed E-state index contributed by atoms with van der Waals surface area (Å²) in [5, 5.41) is 2.86. The highest BCUT2D eigenvalue weighted by atomic mass is 32.2. The van der Waals surface area contributed by atoms with Gasteiger partial charge in [0, 0.05) is 42.6 Å². The van der Waals surface area contributed by atoms with Crippen LogP contribution in [0.2, 0.25) is 0 Å². The normalized spacial score (nSPS) is 16.2. The first-order valence-electron chi connectivity index (χ1n) is 11.8. The third kappa shape index (κ3) is 5.73. The Bertz CT molecular complexity index is 1360. The van der Waals surface area contributed by atoms with Crippen LogP contribution in [0.5, 0.6) is 5.75 Å². The van der Waals surface area contributed by atoms with E-state index >= 15 is 0 Å². The number of thiophene rings is 1. The van der Waals surface area contributed by atoms with Crippen molar-refractivity contribution in [2.45, 2.75) is 36.8 Å². The molecule has 1 aliphatic heterocycles. The second kappa shape index (κ2) is 10.9. The molecule has 0 unspecified atom stereocenters. The molecule has 0 spiro atoms. The SMILES string of the molecule is O=S(=O)(c1cccc2cccnc12)N(Cc1cccc(OCCc2cccs2)c1)C[C@@H]1CCCO1. The Labute approximate surface area is 210 Å². The Morgan fingerprint density at radius 2 is 1.97 bits per heavy atom. The van der Waals surface area contributed by atoms with E-state index in [2.05, 4.69) is 16.4 Å². The molecular weight excluding hydrogens is 480 g/mol. The Hall–Kier alpha value is -2.78. The first-order chi connectivity index (χ1) is 17.1. The van der Waals surface area contributed by atoms with Crippen LogP contribution >= 0.6 is 11.3 Å². The number of aromatic nitrogens is 1. The number of hydrogen-bond acceptors (Lipinski definition) is 6. The maximum Gasteiger partial charge on any atom is 0.245 e. The van der Waals surface area contributed by atoms with Crippen molar-refractivity contribution in [2.24, 2.45) is 0 Å². The molecule has 0 aliphatic carbocycles. The lowest BCUT2D eigenvalue weighted by Crippen LogP contribution is -2.37. The Balaban J connectivity index is 1.39. The molecule has 1 aliphatic rings. The summed E-state index contributed by atoms with van der Waals surface area (Å²) in [6, 6.07) is 20.8. The van der Waals surface area contributed by atoms with Crippen molar-refractivity contribution < 1.29 is 17.9 Å². The third-order valence-electron chi connectivity index (χ3n) is 6.10. The van der Waals surface area contributed by atoms with E-state index in [0.717, 1.165) is 36.0 Å². The minimum Gasteiger partial charge on any atom is -0.493 e. The van der Waals surface area contributed by atoms with Crippen LogP contribution < -0.4 is 4.74 Å². The lowest BCUT2D eigenvalue weighted by molar-refractivity contribution is 0.0926. The molecule has 6 nitrogen and oxygen atoms in total. The molecule has 8 heteroatoms. The summed E-state index contributed by atoms with van der Waals surface area (Å²) in [6.07, 6.45) is 4.16. The van der Waals surface area contributed by atoms with Gasteiger partial charge in [0.25, 0.3) is 0 Å². The molecule has 2 aromatic carbocycles. The van der Waals surface area contributed by atoms with E-state index in [1.807, 2.05) is 48.5 Å². The van der Waals surface area contributed by atoms with Gasteiger partial charge in [-0.1, -0.05) is 36.4 Å². The van der Waals surface area contributed by atoms with Crippen molar-refractivity contribution in [3.8, 4) is 5.75 Å². The Morgan fingerprint density at radius 3 is 2.80 bits per heavy atom. The van der Waals surface area contributed by atoms with E-state index in [4.69, 9.17) is 9.47 Å². The van der Waals surface area contributed by atoms with Crippen molar-refractivity contribution in [3.63, 3.8) is 0 Å². The number of rotatable bonds is 10. The predicted molar refractivity (Wildman–Crippen MR) is 138 cm³/mol. The molecule has 3 heterocycles. The quantitative estimate of drug-likeness (QED) is 0.291. The van der Waals surface area contributed by atoms with Crippen LogP contribution in [0.1, 0.15) is 23.3 Å². The van der Waals surface area contributed by atoms with Gasteiger partial charge in [0.05, 0.1) is 18.2 Å². The van der Waals surface area contributed by atoms with Gasteiger partial charge in [-0.25, -0.2) is 8.42 Å². The third-order valence-corrected chi connectivity index (χ3v) is 8.88. The Morgan fingerprint density at radius 1 is 1.09 bits per heavy atom. The van der Waals surface area contributed by atoms with E-state index in [9.17, 15) is 8.42 Å². The van der Waals surface area contributed by atoms with E-state index in [1.54, 1.807) is 29.7 Å². The smallest absolute Gasteiger partial charge is 0.245 e. The molecule has 0 amide bonds. The fourth-order valence-electron chi connectivity index (χ4n) is 4.35. The zero-order valence-electron chi connectivity index (χ0n) is 19.4. The fourth-order valence-corrected chi connectivity index (χ4v) is 6.66. The summed E-state index contributed by atoms with van der Waals surface area (Å²) in [5.74, 6) is 0.736. The Kier molecular flexibility index (Phi) is 7.43. The number of ether oxygens (including phenoxy) is 2. The summed E-state index contributed by atoms with van der Waals surface area (Å²) >= 11 is 1.72. The van der Waals surface area contributed by atoms with Crippen LogP contribution in [0.15, 0.2) is 83.2 Å². The highest BCUT2D eigenvalue weighted by molar-refractivity contribution is 7.89. The zero-order valence-corrected chi connectivity index (χ0v) is 21.0. The van der Waals surface area contributed by atoms with Gasteiger partial charge in [-0.05, 0) is 54.1 Å². The molecule has 1 atom stereocenters. The molecule has 182 valence electrons. The summed E-state index contributed by atoms with van der Waals surface area (Å²) in [5.41, 5.74) is 1.35. The van der Waals surface area contributed by atoms with E-state index < -0.39 is 10.0 Å². The van der Waals surface area contributed by atoms with Gasteiger partial charge in [0.15, 0.2) is 0 Å². The molecule has 0 N–H and O–H groups in total. The number of pyridine rings is 1. The summed E-state index contributed by atoms with van der Waals surface area (Å²) in [4.78, 5) is 5.88. The van der Waals surface area contributed by atoms with E-state index in [0.29, 0.717) is 25.3 Å². The fraction of sp³-hybridized carbons (Fsp3) is 0.296. The standard InChI is InChI=1S/C27H28N2O4S2/c30-35(31,26-12-2-7-22-8-3-14-28-27(22)26)29(20-24-10-4-15-32-24)19-21-6-1-9-23(18-21)33-16-13-25-11-5-17-34-25/h1-3,5-9,11-12,14,17-18,24H,4,10,13,15-16,19-20H2/t24-/m0/s1. The average molecular weight is 509 g/mol. The topological polar surface area (TPSA) is 68.7 Å². The van der Waals surface area contributed by atoms with Gasteiger partial charge in [0.2, 0.25) is 10.0 Å². The maximum atomic E-state index is 13.9. The summed E-state index contributed by atoms with van der Waals surface area (Å²) < 4.78 is 41.2. The number of para-hydroxylation sites is 1. The largest absolute Gasteiger partial charge is 0.493 e. The molecular formula is C27H28N2O4S2. The van der Waals surface area contributed by atoms with Crippen LogP contribution in [0, 0.1) is 0 Å². The zero-order chi connectivity index (χ0) is 24.1.